The van der Waals surface area contributed by atoms with Crippen molar-refractivity contribution in [3.63, 3.8) is 0 Å². The second kappa shape index (κ2) is 5.27. The summed E-state index contributed by atoms with van der Waals surface area (Å²) in [5, 5.41) is 0. The van der Waals surface area contributed by atoms with Crippen LogP contribution in [0.25, 0.3) is 0 Å². The van der Waals surface area contributed by atoms with Crippen molar-refractivity contribution in [3.8, 4) is 0 Å². The summed E-state index contributed by atoms with van der Waals surface area (Å²) in [6, 6.07) is 10.7. The van der Waals surface area contributed by atoms with Gasteiger partial charge in [-0.25, -0.2) is 0 Å². The Morgan fingerprint density at radius 3 is 2.06 bits per heavy atom. The van der Waals surface area contributed by atoms with Crippen molar-refractivity contribution in [1.29, 1.82) is 0 Å². The van der Waals surface area contributed by atoms with E-state index in [0.717, 1.165) is 0 Å². The fraction of sp³-hybridized carbons (Fsp3) is 0.500. The van der Waals surface area contributed by atoms with Crippen LogP contribution >= 0.6 is 0 Å². The Morgan fingerprint density at radius 1 is 1.00 bits per heavy atom. The second-order valence-corrected chi connectivity index (χ2v) is 7.12. The molecular formula is C14H21MoN. The van der Waals surface area contributed by atoms with E-state index >= 15 is 0 Å². The van der Waals surface area contributed by atoms with Crippen LogP contribution < -0.4 is 0 Å². The predicted octanol–water partition coefficient (Wildman–Crippen LogP) is 3.83. The van der Waals surface area contributed by atoms with E-state index in [4.69, 9.17) is 3.50 Å². The first kappa shape index (κ1) is 13.6. The fourth-order valence-corrected chi connectivity index (χ4v) is 3.14. The first-order valence-electron chi connectivity index (χ1n) is 5.59. The average Bonchev–Trinajstić information content (AvgIpc) is 2.17. The summed E-state index contributed by atoms with van der Waals surface area (Å²) in [4.78, 5) is 0. The van der Waals surface area contributed by atoms with Crippen molar-refractivity contribution < 1.29 is 17.9 Å². The third kappa shape index (κ3) is 4.61. The van der Waals surface area contributed by atoms with Crippen molar-refractivity contribution in [3.05, 3.63) is 35.9 Å². The molecule has 16 heavy (non-hydrogen) atoms. The van der Waals surface area contributed by atoms with Crippen molar-refractivity contribution >= 4 is 4.40 Å². The number of benzene rings is 1. The molecule has 0 N–H and O–H groups in total. The molecule has 0 aliphatic carbocycles. The molecule has 1 aromatic rings. The van der Waals surface area contributed by atoms with Gasteiger partial charge >= 0.3 is 107 Å². The SMILES string of the molecule is CC(C)(C)[N]=[Mo]=[CH]C(C)(C)c1ccccc1. The van der Waals surface area contributed by atoms with E-state index in [-0.39, 0.29) is 28.9 Å². The number of hydrogen-bond donors (Lipinski definition) is 0. The van der Waals surface area contributed by atoms with Crippen molar-refractivity contribution in [2.75, 3.05) is 0 Å². The molecule has 1 rings (SSSR count). The Bertz CT molecular complexity index is 392. The molecule has 0 unspecified atom stereocenters. The van der Waals surface area contributed by atoms with Gasteiger partial charge in [-0.05, 0) is 0 Å². The van der Waals surface area contributed by atoms with Crippen molar-refractivity contribution in [2.24, 2.45) is 3.50 Å². The number of hydrogen-bond acceptors (Lipinski definition) is 1. The molecule has 88 valence electrons. The quantitative estimate of drug-likeness (QED) is 0.736. The third-order valence-corrected chi connectivity index (χ3v) is 5.50. The van der Waals surface area contributed by atoms with E-state index < -0.39 is 0 Å². The molecule has 0 aliphatic heterocycles. The van der Waals surface area contributed by atoms with Gasteiger partial charge in [0.25, 0.3) is 0 Å². The van der Waals surface area contributed by atoms with E-state index in [2.05, 4.69) is 69.4 Å². The van der Waals surface area contributed by atoms with Gasteiger partial charge in [0.2, 0.25) is 0 Å². The zero-order chi connectivity index (χ0) is 12.2. The summed E-state index contributed by atoms with van der Waals surface area (Å²) in [5.41, 5.74) is 1.65. The van der Waals surface area contributed by atoms with Gasteiger partial charge in [0.15, 0.2) is 0 Å². The molecule has 0 radical (unpaired) electrons. The zero-order valence-corrected chi connectivity index (χ0v) is 12.8. The van der Waals surface area contributed by atoms with Gasteiger partial charge in [-0.3, -0.25) is 0 Å². The van der Waals surface area contributed by atoms with Gasteiger partial charge in [0.1, 0.15) is 0 Å². The van der Waals surface area contributed by atoms with E-state index in [1.807, 2.05) is 0 Å². The van der Waals surface area contributed by atoms with Crippen LogP contribution in [-0.4, -0.2) is 9.94 Å². The summed E-state index contributed by atoms with van der Waals surface area (Å²) < 4.78 is 7.16. The maximum absolute atomic E-state index is 4.74. The zero-order valence-electron chi connectivity index (χ0n) is 10.8. The molecule has 0 fully saturated rings. The van der Waals surface area contributed by atoms with E-state index in [1.54, 1.807) is 0 Å². The van der Waals surface area contributed by atoms with Gasteiger partial charge < -0.3 is 0 Å². The second-order valence-electron chi connectivity index (χ2n) is 5.57. The fourth-order valence-electron chi connectivity index (χ4n) is 1.25. The minimum atomic E-state index is -0.361. The van der Waals surface area contributed by atoms with Crippen LogP contribution in [0.5, 0.6) is 0 Å². The molecule has 0 aliphatic rings. The van der Waals surface area contributed by atoms with Crippen LogP contribution in [0.1, 0.15) is 40.2 Å². The molecule has 1 aromatic carbocycles. The first-order valence-corrected chi connectivity index (χ1v) is 7.65. The molecular weight excluding hydrogens is 278 g/mol. The molecule has 0 saturated heterocycles. The molecule has 0 spiro atoms. The number of nitrogens with zero attached hydrogens (tertiary/aromatic N) is 1. The van der Waals surface area contributed by atoms with Gasteiger partial charge in [-0.2, -0.15) is 0 Å². The van der Waals surface area contributed by atoms with Crippen LogP contribution in [0.3, 0.4) is 0 Å². The molecule has 0 heterocycles. The topological polar surface area (TPSA) is 12.4 Å². The van der Waals surface area contributed by atoms with E-state index in [0.29, 0.717) is 0 Å². The van der Waals surface area contributed by atoms with Crippen LogP contribution in [0.15, 0.2) is 33.8 Å². The van der Waals surface area contributed by atoms with Gasteiger partial charge in [0, 0.05) is 0 Å². The average molecular weight is 299 g/mol. The first-order chi connectivity index (χ1) is 7.31. The standard InChI is InChI=1S/C10H12.C4H9N.Mo/c1-10(2,3)9-7-5-4-6-8-9;1-4(2,3)5;/h1,4-8H,2-3H3;1-3H3;. The summed E-state index contributed by atoms with van der Waals surface area (Å²) in [7, 11) is 0. The van der Waals surface area contributed by atoms with E-state index in [1.165, 1.54) is 5.56 Å². The maximum atomic E-state index is 4.74. The summed E-state index contributed by atoms with van der Waals surface area (Å²) >= 11 is -0.361. The van der Waals surface area contributed by atoms with Crippen LogP contribution in [-0.2, 0) is 23.3 Å². The number of rotatable bonds is 2. The van der Waals surface area contributed by atoms with Crippen LogP contribution in [0.4, 0.5) is 0 Å². The molecule has 0 aromatic heterocycles. The van der Waals surface area contributed by atoms with Gasteiger partial charge in [0.05, 0.1) is 0 Å². The third-order valence-electron chi connectivity index (χ3n) is 2.19. The van der Waals surface area contributed by atoms with Gasteiger partial charge in [-0.1, -0.05) is 0 Å². The summed E-state index contributed by atoms with van der Waals surface area (Å²) in [6.07, 6.45) is 0. The summed E-state index contributed by atoms with van der Waals surface area (Å²) in [5.74, 6) is 0. The van der Waals surface area contributed by atoms with Crippen LogP contribution in [0.2, 0.25) is 0 Å². The Kier molecular flexibility index (Phi) is 4.50. The molecule has 0 bridgehead atoms. The normalized spacial score (nSPS) is 12.1. The molecule has 0 atom stereocenters. The Labute approximate surface area is 107 Å². The molecule has 0 saturated carbocycles. The Morgan fingerprint density at radius 2 is 1.56 bits per heavy atom. The predicted molar refractivity (Wildman–Crippen MR) is 67.7 cm³/mol. The molecule has 1 nitrogen and oxygen atoms in total. The van der Waals surface area contributed by atoms with Crippen LogP contribution in [0, 0.1) is 0 Å². The monoisotopic (exact) mass is 301 g/mol. The minimum absolute atomic E-state index is 0.117. The van der Waals surface area contributed by atoms with Gasteiger partial charge in [-0.15, -0.1) is 0 Å². The Balaban J connectivity index is 2.93. The molecule has 2 heteroatoms. The molecule has 0 amide bonds. The van der Waals surface area contributed by atoms with E-state index in [9.17, 15) is 0 Å². The summed E-state index contributed by atoms with van der Waals surface area (Å²) in [6.45, 7) is 11.0. The van der Waals surface area contributed by atoms with Crippen molar-refractivity contribution in [1.82, 2.24) is 0 Å². The Hall–Kier alpha value is -0.422. The van der Waals surface area contributed by atoms with Crippen molar-refractivity contribution in [2.45, 2.75) is 45.6 Å².